The van der Waals surface area contributed by atoms with Crippen LogP contribution in [0.25, 0.3) is 22.6 Å². The maximum absolute atomic E-state index is 11.6. The van der Waals surface area contributed by atoms with E-state index >= 15 is 0 Å². The molecular formula is C14H12N6Na2O7S2+2. The van der Waals surface area contributed by atoms with Crippen molar-refractivity contribution in [2.45, 2.75) is 9.79 Å². The quantitative estimate of drug-likeness (QED) is 0.104. The van der Waals surface area contributed by atoms with Crippen LogP contribution in [-0.2, 0) is 20.2 Å². The first kappa shape index (κ1) is 31.8. The third-order valence-electron chi connectivity index (χ3n) is 3.31. The van der Waals surface area contributed by atoms with Crippen molar-refractivity contribution in [3.8, 4) is 0 Å². The molecule has 31 heavy (non-hydrogen) atoms. The molecule has 4 N–H and O–H groups in total. The Bertz CT molecular complexity index is 1190. The van der Waals surface area contributed by atoms with E-state index in [1.807, 2.05) is 0 Å². The van der Waals surface area contributed by atoms with E-state index in [1.165, 1.54) is 24.3 Å². The molecule has 0 aliphatic rings. The van der Waals surface area contributed by atoms with Crippen molar-refractivity contribution in [3.05, 3.63) is 58.0 Å². The minimum atomic E-state index is -4.92. The first-order chi connectivity index (χ1) is 13.1. The van der Waals surface area contributed by atoms with Gasteiger partial charge in [-0.1, -0.05) is 35.5 Å². The zero-order chi connectivity index (χ0) is 20.9. The summed E-state index contributed by atoms with van der Waals surface area (Å²) in [6, 6.07) is 6.84. The van der Waals surface area contributed by atoms with Crippen molar-refractivity contribution in [3.63, 3.8) is 0 Å². The fraction of sp³-hybridized carbons (Fsp3) is 0. The predicted octanol–water partition coefficient (Wildman–Crippen LogP) is -3.69. The molecule has 0 aliphatic heterocycles. The Morgan fingerprint density at radius 2 is 1.39 bits per heavy atom. The molecule has 0 spiro atoms. The summed E-state index contributed by atoms with van der Waals surface area (Å²) in [5.41, 5.74) is 14.8. The van der Waals surface area contributed by atoms with Gasteiger partial charge < -0.3 is 10.0 Å². The van der Waals surface area contributed by atoms with Crippen LogP contribution >= 0.6 is 0 Å². The zero-order valence-electron chi connectivity index (χ0n) is 16.2. The first-order valence-corrected chi connectivity index (χ1v) is 9.93. The maximum atomic E-state index is 11.6. The van der Waals surface area contributed by atoms with E-state index in [0.29, 0.717) is 0 Å². The van der Waals surface area contributed by atoms with Gasteiger partial charge in [0.2, 0.25) is 4.91 Å². The molecule has 0 bridgehead atoms. The fourth-order valence-electron chi connectivity index (χ4n) is 2.17. The van der Waals surface area contributed by atoms with Crippen LogP contribution in [0.4, 0.5) is 11.4 Å². The molecule has 0 fully saturated rings. The molecule has 0 amide bonds. The van der Waals surface area contributed by atoms with Crippen molar-refractivity contribution in [1.29, 1.82) is 5.53 Å². The largest absolute Gasteiger partial charge is 1.00 e. The van der Waals surface area contributed by atoms with Crippen molar-refractivity contribution in [2.75, 3.05) is 0 Å². The summed E-state index contributed by atoms with van der Waals surface area (Å²) < 4.78 is 66.9. The van der Waals surface area contributed by atoms with Crippen LogP contribution in [0, 0.1) is 5.53 Å². The number of hydrogen-bond donors (Lipinski definition) is 2. The number of benzene rings is 2. The number of azide groups is 1. The van der Waals surface area contributed by atoms with Gasteiger partial charge in [-0.05, 0) is 34.9 Å². The molecular weight excluding hydrogens is 474 g/mol. The van der Waals surface area contributed by atoms with E-state index in [0.717, 1.165) is 24.3 Å². The monoisotopic (exact) mass is 486 g/mol. The van der Waals surface area contributed by atoms with Crippen LogP contribution in [0.1, 0.15) is 11.1 Å². The number of rotatable bonds is 6. The summed E-state index contributed by atoms with van der Waals surface area (Å²) in [5.74, 6) is 0. The summed E-state index contributed by atoms with van der Waals surface area (Å²) in [5, 5.41) is 6.57. The van der Waals surface area contributed by atoms with Crippen LogP contribution in [0.5, 0.6) is 0 Å². The summed E-state index contributed by atoms with van der Waals surface area (Å²) in [7, 11) is -9.61. The first-order valence-electron chi connectivity index (χ1n) is 7.08. The second-order valence-corrected chi connectivity index (χ2v) is 7.83. The average Bonchev–Trinajstić information content (AvgIpc) is 2.60. The van der Waals surface area contributed by atoms with Crippen molar-refractivity contribution < 1.29 is 90.5 Å². The average molecular weight is 486 g/mol. The molecule has 2 rings (SSSR count). The van der Waals surface area contributed by atoms with Gasteiger partial charge >= 0.3 is 59.1 Å². The van der Waals surface area contributed by atoms with Gasteiger partial charge in [0, 0.05) is 10.6 Å². The zero-order valence-corrected chi connectivity index (χ0v) is 21.8. The normalized spacial score (nSPS) is 10.5. The van der Waals surface area contributed by atoms with Gasteiger partial charge in [0.25, 0.3) is 10.1 Å². The summed E-state index contributed by atoms with van der Waals surface area (Å²) in [6.07, 6.45) is 2.29. The van der Waals surface area contributed by atoms with Crippen LogP contribution in [0.3, 0.4) is 0 Å². The van der Waals surface area contributed by atoms with E-state index in [-0.39, 0.29) is 87.1 Å². The Hall–Kier alpha value is -1.42. The Morgan fingerprint density at radius 1 is 0.935 bits per heavy atom. The third-order valence-corrected chi connectivity index (χ3v) is 5.11. The molecule has 0 heterocycles. The molecule has 0 aliphatic carbocycles. The van der Waals surface area contributed by atoms with Crippen LogP contribution in [-0.4, -0.2) is 31.4 Å². The van der Waals surface area contributed by atoms with E-state index in [2.05, 4.69) is 20.1 Å². The van der Waals surface area contributed by atoms with E-state index in [9.17, 15) is 25.9 Å². The molecule has 13 nitrogen and oxygen atoms in total. The maximum Gasteiger partial charge on any atom is 1.00 e. The second kappa shape index (κ2) is 13.2. The fourth-order valence-corrected chi connectivity index (χ4v) is 3.57. The Morgan fingerprint density at radius 3 is 1.81 bits per heavy atom. The standard InChI is InChI=1S/C14H10N6O6S2.2Na.H2O/c15-19-17-11-5-3-9(13(7-11)27(21,22)23)1-2-10-4-6-12(18-20-16)8-14(10)28(24,25)26;;;/h1-8,15H,(H-,21,22,23,24,25,26);;;1H2/q;2*+1;/b2-1+;;;. The topological polar surface area (TPSA) is 242 Å². The van der Waals surface area contributed by atoms with Gasteiger partial charge in [-0.3, -0.25) is 4.55 Å². The Balaban J connectivity index is 0. The molecule has 0 radical (unpaired) electrons. The minimum absolute atomic E-state index is 0. The molecule has 0 saturated carbocycles. The molecule has 0 unspecified atom stereocenters. The molecule has 0 aromatic heterocycles. The Labute approximate surface area is 220 Å². The van der Waals surface area contributed by atoms with E-state index < -0.39 is 30.0 Å². The van der Waals surface area contributed by atoms with Gasteiger partial charge in [0.15, 0.2) is 10.8 Å². The Kier molecular flexibility index (Phi) is 13.5. The van der Waals surface area contributed by atoms with Gasteiger partial charge in [-0.2, -0.15) is 8.42 Å². The van der Waals surface area contributed by atoms with Gasteiger partial charge in [0.1, 0.15) is 20.5 Å². The van der Waals surface area contributed by atoms with Crippen molar-refractivity contribution in [1.82, 2.24) is 4.91 Å². The number of nitrogens with one attached hydrogen (secondary N) is 1. The minimum Gasteiger partial charge on any atom is -0.744 e. The van der Waals surface area contributed by atoms with Crippen LogP contribution < -0.4 is 64.0 Å². The van der Waals surface area contributed by atoms with Crippen molar-refractivity contribution >= 4 is 43.8 Å². The molecule has 2 aromatic rings. The smallest absolute Gasteiger partial charge is 0.744 e. The van der Waals surface area contributed by atoms with Gasteiger partial charge in [0.05, 0.1) is 4.90 Å². The summed E-state index contributed by atoms with van der Waals surface area (Å²) in [6.45, 7) is 0. The third kappa shape index (κ3) is 8.92. The van der Waals surface area contributed by atoms with Crippen molar-refractivity contribution in [2.24, 2.45) is 10.2 Å². The number of nitrogens with zero attached hydrogens (tertiary/aromatic N) is 5. The molecule has 2 aromatic carbocycles. The SMILES string of the molecule is O.[N-]=[N+]=Nc1ccc(/C=C/c2ccc(N=[N+]=N)cc2S(=O)(=O)[O-])c(S(=O)(=O)O)c1.[Na+].[Na+]. The summed E-state index contributed by atoms with van der Waals surface area (Å²) >= 11 is 0. The molecule has 0 saturated heterocycles. The van der Waals surface area contributed by atoms with Crippen LogP contribution in [0.15, 0.2) is 56.4 Å². The van der Waals surface area contributed by atoms with E-state index in [1.54, 1.807) is 0 Å². The van der Waals surface area contributed by atoms with Crippen LogP contribution in [0.2, 0.25) is 0 Å². The van der Waals surface area contributed by atoms with E-state index in [4.69, 9.17) is 11.1 Å². The molecule has 0 atom stereocenters. The number of hydrogen-bond acceptors (Lipinski definition) is 8. The van der Waals surface area contributed by atoms with Gasteiger partial charge in [-0.25, -0.2) is 8.42 Å². The predicted molar refractivity (Wildman–Crippen MR) is 99.0 cm³/mol. The molecule has 17 heteroatoms. The second-order valence-electron chi connectivity index (χ2n) is 5.10. The summed E-state index contributed by atoms with van der Waals surface area (Å²) in [4.78, 5) is 4.02. The van der Waals surface area contributed by atoms with Gasteiger partial charge in [-0.15, -0.1) is 0 Å². The molecule has 152 valence electrons.